The molecule has 28 heavy (non-hydrogen) atoms. The number of sulfonamides is 1. The molecule has 6 nitrogen and oxygen atoms in total. The summed E-state index contributed by atoms with van der Waals surface area (Å²) in [6, 6.07) is 7.79. The molecule has 0 aliphatic carbocycles. The van der Waals surface area contributed by atoms with Crippen molar-refractivity contribution in [3.63, 3.8) is 0 Å². The average molecular weight is 440 g/mol. The summed E-state index contributed by atoms with van der Waals surface area (Å²) in [7, 11) is -4.14. The van der Waals surface area contributed by atoms with Crippen LogP contribution in [0.1, 0.15) is 16.8 Å². The molecule has 0 radical (unpaired) electrons. The lowest BCUT2D eigenvalue weighted by Crippen LogP contribution is -2.44. The van der Waals surface area contributed by atoms with E-state index in [0.29, 0.717) is 0 Å². The number of amides is 1. The van der Waals surface area contributed by atoms with Crippen LogP contribution in [-0.2, 0) is 21.4 Å². The number of rotatable bonds is 7. The maximum absolute atomic E-state index is 13.7. The Bertz CT molecular complexity index is 1090. The molecule has 0 aliphatic heterocycles. The molecule has 0 unspecified atom stereocenters. The van der Waals surface area contributed by atoms with Gasteiger partial charge in [-0.05, 0) is 38.1 Å². The minimum Gasteiger partial charge on any atom is -0.350 e. The van der Waals surface area contributed by atoms with Crippen LogP contribution in [0.2, 0.25) is 0 Å². The van der Waals surface area contributed by atoms with Gasteiger partial charge in [0.05, 0.1) is 28.2 Å². The second kappa shape index (κ2) is 8.48. The fraction of sp³-hybridized carbons (Fsp3) is 0.222. The minimum atomic E-state index is -4.14. The molecular formula is C18H18FN3O3S3. The van der Waals surface area contributed by atoms with Crippen molar-refractivity contribution in [1.29, 1.82) is 0 Å². The van der Waals surface area contributed by atoms with Crippen LogP contribution in [0, 0.1) is 12.7 Å². The second-order valence-electron chi connectivity index (χ2n) is 6.01. The summed E-state index contributed by atoms with van der Waals surface area (Å²) in [6.07, 6.45) is 0. The highest BCUT2D eigenvalue weighted by molar-refractivity contribution is 7.89. The molecule has 1 amide bonds. The van der Waals surface area contributed by atoms with E-state index in [9.17, 15) is 17.6 Å². The molecule has 0 aliphatic rings. The monoisotopic (exact) mass is 439 g/mol. The van der Waals surface area contributed by atoms with Gasteiger partial charge in [-0.25, -0.2) is 17.8 Å². The molecule has 148 valence electrons. The Labute approximate surface area is 170 Å². The van der Waals surface area contributed by atoms with E-state index in [2.05, 4.69) is 15.0 Å². The van der Waals surface area contributed by atoms with Gasteiger partial charge in [-0.3, -0.25) is 4.79 Å². The molecule has 0 saturated heterocycles. The SMILES string of the molecule is Cc1nc(-c2ccc(CNC(=O)[C@H](C)NS(=O)(=O)c3ccccc3F)s2)cs1. The molecule has 0 fully saturated rings. The van der Waals surface area contributed by atoms with Crippen molar-refractivity contribution in [2.24, 2.45) is 0 Å². The lowest BCUT2D eigenvalue weighted by atomic mass is 10.3. The standard InChI is InChI=1S/C18H18FN3O3S3/c1-11(22-28(24,25)17-6-4-3-5-14(17)19)18(23)20-9-13-7-8-16(27-13)15-10-26-12(2)21-15/h3-8,10-11,22H,9H2,1-2H3,(H,20,23)/t11-/m0/s1. The zero-order valence-electron chi connectivity index (χ0n) is 15.1. The number of aryl methyl sites for hydroxylation is 1. The second-order valence-corrected chi connectivity index (χ2v) is 9.92. The van der Waals surface area contributed by atoms with Crippen LogP contribution in [0.3, 0.4) is 0 Å². The van der Waals surface area contributed by atoms with Crippen LogP contribution >= 0.6 is 22.7 Å². The Morgan fingerprint density at radius 2 is 2.00 bits per heavy atom. The van der Waals surface area contributed by atoms with E-state index in [-0.39, 0.29) is 6.54 Å². The fourth-order valence-electron chi connectivity index (χ4n) is 2.43. The summed E-state index contributed by atoms with van der Waals surface area (Å²) >= 11 is 3.08. The Morgan fingerprint density at radius 1 is 1.25 bits per heavy atom. The number of thiazole rings is 1. The molecule has 0 bridgehead atoms. The molecule has 3 aromatic rings. The number of thiophene rings is 1. The van der Waals surface area contributed by atoms with Gasteiger partial charge in [0, 0.05) is 10.3 Å². The number of carbonyl (C=O) groups is 1. The van der Waals surface area contributed by atoms with E-state index < -0.39 is 32.7 Å². The van der Waals surface area contributed by atoms with Gasteiger partial charge >= 0.3 is 0 Å². The predicted molar refractivity (Wildman–Crippen MR) is 108 cm³/mol. The number of aromatic nitrogens is 1. The minimum absolute atomic E-state index is 0.262. The first-order valence-electron chi connectivity index (χ1n) is 8.32. The molecule has 0 saturated carbocycles. The number of nitrogens with zero attached hydrogens (tertiary/aromatic N) is 1. The quantitative estimate of drug-likeness (QED) is 0.591. The number of halogens is 1. The Kier molecular flexibility index (Phi) is 6.23. The highest BCUT2D eigenvalue weighted by Gasteiger charge is 2.24. The molecule has 2 aromatic heterocycles. The van der Waals surface area contributed by atoms with Crippen LogP contribution in [0.25, 0.3) is 10.6 Å². The number of benzene rings is 1. The first kappa shape index (κ1) is 20.6. The van der Waals surface area contributed by atoms with Gasteiger partial charge in [0.2, 0.25) is 15.9 Å². The Balaban J connectivity index is 1.59. The Hall–Kier alpha value is -2.14. The van der Waals surface area contributed by atoms with Gasteiger partial charge in [0.15, 0.2) is 0 Å². The van der Waals surface area contributed by atoms with E-state index in [1.165, 1.54) is 30.4 Å². The van der Waals surface area contributed by atoms with Gasteiger partial charge < -0.3 is 5.32 Å². The van der Waals surface area contributed by atoms with Crippen molar-refractivity contribution in [2.45, 2.75) is 31.3 Å². The lowest BCUT2D eigenvalue weighted by molar-refractivity contribution is -0.122. The fourth-order valence-corrected chi connectivity index (χ4v) is 5.30. The maximum atomic E-state index is 13.7. The number of hydrogen-bond donors (Lipinski definition) is 2. The van der Waals surface area contributed by atoms with Crippen LogP contribution in [0.15, 0.2) is 46.7 Å². The zero-order valence-corrected chi connectivity index (χ0v) is 17.6. The molecule has 0 spiro atoms. The van der Waals surface area contributed by atoms with E-state index in [1.54, 1.807) is 11.3 Å². The van der Waals surface area contributed by atoms with Crippen LogP contribution in [-0.4, -0.2) is 25.4 Å². The molecule has 1 aromatic carbocycles. The highest BCUT2D eigenvalue weighted by Crippen LogP contribution is 2.28. The van der Waals surface area contributed by atoms with E-state index in [0.717, 1.165) is 32.6 Å². The largest absolute Gasteiger partial charge is 0.350 e. The topological polar surface area (TPSA) is 88.2 Å². The van der Waals surface area contributed by atoms with Crippen LogP contribution in [0.4, 0.5) is 4.39 Å². The van der Waals surface area contributed by atoms with Gasteiger partial charge in [0.1, 0.15) is 10.7 Å². The lowest BCUT2D eigenvalue weighted by Gasteiger charge is -2.14. The summed E-state index contributed by atoms with van der Waals surface area (Å²) in [5, 5.41) is 5.65. The van der Waals surface area contributed by atoms with Crippen molar-refractivity contribution in [1.82, 2.24) is 15.0 Å². The van der Waals surface area contributed by atoms with Crippen molar-refractivity contribution in [2.75, 3.05) is 0 Å². The highest BCUT2D eigenvalue weighted by atomic mass is 32.2. The Morgan fingerprint density at radius 3 is 2.68 bits per heavy atom. The smallest absolute Gasteiger partial charge is 0.244 e. The molecule has 2 N–H and O–H groups in total. The molecular weight excluding hydrogens is 421 g/mol. The first-order valence-corrected chi connectivity index (χ1v) is 11.5. The zero-order chi connectivity index (χ0) is 20.3. The first-order chi connectivity index (χ1) is 13.3. The number of carbonyl (C=O) groups excluding carboxylic acids is 1. The summed E-state index contributed by atoms with van der Waals surface area (Å²) in [4.78, 5) is 18.1. The summed E-state index contributed by atoms with van der Waals surface area (Å²) in [5.74, 6) is -1.37. The van der Waals surface area contributed by atoms with E-state index in [4.69, 9.17) is 0 Å². The van der Waals surface area contributed by atoms with Gasteiger partial charge in [-0.15, -0.1) is 22.7 Å². The average Bonchev–Trinajstić information content (AvgIpc) is 3.28. The summed E-state index contributed by atoms with van der Waals surface area (Å²) in [6.45, 7) is 3.61. The number of nitrogens with one attached hydrogen (secondary N) is 2. The van der Waals surface area contributed by atoms with E-state index >= 15 is 0 Å². The van der Waals surface area contributed by atoms with Crippen molar-refractivity contribution in [3.05, 3.63) is 57.5 Å². The third-order valence-corrected chi connectivity index (χ3v) is 7.28. The van der Waals surface area contributed by atoms with Gasteiger partial charge in [-0.1, -0.05) is 12.1 Å². The van der Waals surface area contributed by atoms with Gasteiger partial charge in [-0.2, -0.15) is 4.72 Å². The van der Waals surface area contributed by atoms with Crippen molar-refractivity contribution >= 4 is 38.6 Å². The van der Waals surface area contributed by atoms with Gasteiger partial charge in [0.25, 0.3) is 0 Å². The molecule has 1 atom stereocenters. The normalized spacial score (nSPS) is 12.7. The molecule has 2 heterocycles. The van der Waals surface area contributed by atoms with Crippen LogP contribution in [0.5, 0.6) is 0 Å². The predicted octanol–water partition coefficient (Wildman–Crippen LogP) is 3.30. The maximum Gasteiger partial charge on any atom is 0.244 e. The van der Waals surface area contributed by atoms with Crippen molar-refractivity contribution in [3.8, 4) is 10.6 Å². The third-order valence-electron chi connectivity index (χ3n) is 3.82. The molecule has 10 heteroatoms. The third kappa shape index (κ3) is 4.82. The van der Waals surface area contributed by atoms with Crippen LogP contribution < -0.4 is 10.0 Å². The van der Waals surface area contributed by atoms with E-state index in [1.807, 2.05) is 24.4 Å². The summed E-state index contributed by atoms with van der Waals surface area (Å²) < 4.78 is 40.5. The summed E-state index contributed by atoms with van der Waals surface area (Å²) in [5.41, 5.74) is 0.899. The number of hydrogen-bond acceptors (Lipinski definition) is 6. The van der Waals surface area contributed by atoms with Crippen molar-refractivity contribution < 1.29 is 17.6 Å². The molecule has 3 rings (SSSR count).